The first-order chi connectivity index (χ1) is 16.0. The van der Waals surface area contributed by atoms with E-state index < -0.39 is 35.8 Å². The van der Waals surface area contributed by atoms with E-state index in [9.17, 15) is 27.6 Å². The van der Waals surface area contributed by atoms with Crippen LogP contribution in [0.5, 0.6) is 0 Å². The second-order valence-corrected chi connectivity index (χ2v) is 8.19. The van der Waals surface area contributed by atoms with Gasteiger partial charge in [0.1, 0.15) is 6.54 Å². The largest absolute Gasteiger partial charge is 0.418 e. The minimum Gasteiger partial charge on any atom is -0.328 e. The van der Waals surface area contributed by atoms with Gasteiger partial charge in [0.05, 0.1) is 16.6 Å². The number of likely N-dealkylation sites (N-methyl/N-ethyl adjacent to an activating group) is 1. The van der Waals surface area contributed by atoms with Gasteiger partial charge in [-0.2, -0.15) is 18.3 Å². The van der Waals surface area contributed by atoms with E-state index in [1.54, 1.807) is 31.2 Å². The Bertz CT molecular complexity index is 1270. The van der Waals surface area contributed by atoms with Crippen molar-refractivity contribution < 1.29 is 22.8 Å². The summed E-state index contributed by atoms with van der Waals surface area (Å²) >= 11 is 0. The predicted molar refractivity (Wildman–Crippen MR) is 122 cm³/mol. The zero-order chi connectivity index (χ0) is 25.0. The molecule has 0 aliphatic carbocycles. The van der Waals surface area contributed by atoms with Gasteiger partial charge >= 0.3 is 6.18 Å². The van der Waals surface area contributed by atoms with Gasteiger partial charge in [0.2, 0.25) is 5.91 Å². The smallest absolute Gasteiger partial charge is 0.328 e. The lowest BCUT2D eigenvalue weighted by Crippen LogP contribution is -2.39. The predicted octanol–water partition coefficient (Wildman–Crippen LogP) is 4.17. The number of halogens is 3. The fourth-order valence-corrected chi connectivity index (χ4v) is 3.54. The number of para-hydroxylation sites is 1. The molecule has 0 spiro atoms. The van der Waals surface area contributed by atoms with Crippen LogP contribution in [-0.4, -0.2) is 39.6 Å². The van der Waals surface area contributed by atoms with E-state index in [0.29, 0.717) is 17.3 Å². The second kappa shape index (κ2) is 10.1. The van der Waals surface area contributed by atoms with Crippen LogP contribution in [0.25, 0.3) is 10.8 Å². The summed E-state index contributed by atoms with van der Waals surface area (Å²) in [6.07, 6.45) is -4.64. The van der Waals surface area contributed by atoms with Crippen molar-refractivity contribution in [3.63, 3.8) is 0 Å². The van der Waals surface area contributed by atoms with Crippen LogP contribution in [-0.2, 0) is 17.5 Å². The number of nitrogens with one attached hydrogen (secondary N) is 1. The maximum atomic E-state index is 13.3. The van der Waals surface area contributed by atoms with Gasteiger partial charge in [0.25, 0.3) is 11.5 Å². The normalized spacial score (nSPS) is 11.6. The Balaban J connectivity index is 1.91. The van der Waals surface area contributed by atoms with Crippen LogP contribution in [0.4, 0.5) is 18.9 Å². The number of alkyl halides is 3. The number of carbonyl (C=O) groups is 2. The zero-order valence-electron chi connectivity index (χ0n) is 19.0. The van der Waals surface area contributed by atoms with Crippen molar-refractivity contribution in [1.82, 2.24) is 14.7 Å². The topological polar surface area (TPSA) is 84.3 Å². The molecular formula is C24H25F3N4O3. The number of carbonyl (C=O) groups excluding carboxylic acids is 2. The van der Waals surface area contributed by atoms with E-state index in [1.165, 1.54) is 21.7 Å². The van der Waals surface area contributed by atoms with Crippen molar-refractivity contribution in [1.29, 1.82) is 0 Å². The summed E-state index contributed by atoms with van der Waals surface area (Å²) in [5.41, 5.74) is -1.70. The average molecular weight is 474 g/mol. The van der Waals surface area contributed by atoms with Gasteiger partial charge in [-0.3, -0.25) is 14.4 Å². The Labute approximate surface area is 194 Å². The van der Waals surface area contributed by atoms with Crippen molar-refractivity contribution in [3.05, 3.63) is 70.1 Å². The molecule has 1 aromatic heterocycles. The van der Waals surface area contributed by atoms with Gasteiger partial charge in [-0.1, -0.05) is 44.2 Å². The van der Waals surface area contributed by atoms with Gasteiger partial charge in [-0.25, -0.2) is 4.68 Å². The molecule has 3 rings (SSSR count). The van der Waals surface area contributed by atoms with Crippen molar-refractivity contribution >= 4 is 28.3 Å². The highest BCUT2D eigenvalue weighted by molar-refractivity contribution is 6.06. The summed E-state index contributed by atoms with van der Waals surface area (Å²) in [5.74, 6) is -1.29. The lowest BCUT2D eigenvalue weighted by Gasteiger charge is -2.22. The van der Waals surface area contributed by atoms with Crippen molar-refractivity contribution in [3.8, 4) is 0 Å². The molecule has 180 valence electrons. The van der Waals surface area contributed by atoms with Gasteiger partial charge in [0, 0.05) is 18.5 Å². The first kappa shape index (κ1) is 24.9. The number of nitrogens with zero attached hydrogens (tertiary/aromatic N) is 3. The SMILES string of the molecule is CCN(CC(=O)Nc1ccccc1C(F)(F)F)C(=O)c1nn(CC(C)C)c(=O)c2ccccc12. The molecule has 34 heavy (non-hydrogen) atoms. The first-order valence-corrected chi connectivity index (χ1v) is 10.8. The molecule has 2 aromatic carbocycles. The van der Waals surface area contributed by atoms with Crippen LogP contribution in [0, 0.1) is 5.92 Å². The lowest BCUT2D eigenvalue weighted by molar-refractivity contribution is -0.137. The number of rotatable bonds is 7. The van der Waals surface area contributed by atoms with Crippen LogP contribution in [0.1, 0.15) is 36.8 Å². The van der Waals surface area contributed by atoms with Gasteiger partial charge in [-0.05, 0) is 31.0 Å². The van der Waals surface area contributed by atoms with E-state index in [-0.39, 0.29) is 23.7 Å². The van der Waals surface area contributed by atoms with Crippen molar-refractivity contribution in [2.75, 3.05) is 18.4 Å². The summed E-state index contributed by atoms with van der Waals surface area (Å²) < 4.78 is 40.9. The highest BCUT2D eigenvalue weighted by Gasteiger charge is 2.33. The Kier molecular flexibility index (Phi) is 7.38. The number of benzene rings is 2. The molecule has 0 fully saturated rings. The third-order valence-corrected chi connectivity index (χ3v) is 5.12. The summed E-state index contributed by atoms with van der Waals surface area (Å²) in [5, 5.41) is 7.19. The van der Waals surface area contributed by atoms with E-state index in [2.05, 4.69) is 10.4 Å². The molecule has 3 aromatic rings. The maximum Gasteiger partial charge on any atom is 0.418 e. The standard InChI is InChI=1S/C24H25F3N4O3/c1-4-30(14-20(32)28-19-12-8-7-11-18(19)24(25,26)27)23(34)21-16-9-5-6-10-17(16)22(33)31(29-21)13-15(2)3/h5-12,15H,4,13-14H2,1-3H3,(H,28,32). The zero-order valence-corrected chi connectivity index (χ0v) is 19.0. The van der Waals surface area contributed by atoms with Crippen LogP contribution < -0.4 is 10.9 Å². The molecular weight excluding hydrogens is 449 g/mol. The summed E-state index contributed by atoms with van der Waals surface area (Å²) in [6.45, 7) is 5.37. The Morgan fingerprint density at radius 3 is 2.29 bits per heavy atom. The number of hydrogen-bond donors (Lipinski definition) is 1. The molecule has 2 amide bonds. The third-order valence-electron chi connectivity index (χ3n) is 5.12. The minimum absolute atomic E-state index is 0.00110. The molecule has 0 aliphatic heterocycles. The quantitative estimate of drug-likeness (QED) is 0.557. The van der Waals surface area contributed by atoms with Crippen molar-refractivity contribution in [2.24, 2.45) is 5.92 Å². The number of aromatic nitrogens is 2. The summed E-state index contributed by atoms with van der Waals surface area (Å²) in [6, 6.07) is 11.2. The molecule has 0 aliphatic rings. The van der Waals surface area contributed by atoms with E-state index >= 15 is 0 Å². The Morgan fingerprint density at radius 1 is 1.06 bits per heavy atom. The Morgan fingerprint density at radius 2 is 1.68 bits per heavy atom. The van der Waals surface area contributed by atoms with Gasteiger partial charge in [0.15, 0.2) is 5.69 Å². The molecule has 10 heteroatoms. The fourth-order valence-electron chi connectivity index (χ4n) is 3.54. The molecule has 1 N–H and O–H groups in total. The Hall–Kier alpha value is -3.69. The molecule has 0 radical (unpaired) electrons. The first-order valence-electron chi connectivity index (χ1n) is 10.8. The highest BCUT2D eigenvalue weighted by Crippen LogP contribution is 2.34. The minimum atomic E-state index is -4.64. The second-order valence-electron chi connectivity index (χ2n) is 8.19. The van der Waals surface area contributed by atoms with Gasteiger partial charge in [-0.15, -0.1) is 0 Å². The van der Waals surface area contributed by atoms with Gasteiger partial charge < -0.3 is 10.2 Å². The molecule has 0 atom stereocenters. The monoisotopic (exact) mass is 474 g/mol. The summed E-state index contributed by atoms with van der Waals surface area (Å²) in [4.78, 5) is 39.9. The molecule has 0 bridgehead atoms. The van der Waals surface area contributed by atoms with Crippen molar-refractivity contribution in [2.45, 2.75) is 33.5 Å². The molecule has 0 unspecified atom stereocenters. The van der Waals surface area contributed by atoms with Crippen LogP contribution in [0.3, 0.4) is 0 Å². The third kappa shape index (κ3) is 5.44. The number of hydrogen-bond acceptors (Lipinski definition) is 4. The van der Waals surface area contributed by atoms with Crippen LogP contribution in [0.2, 0.25) is 0 Å². The number of anilines is 1. The van der Waals surface area contributed by atoms with E-state index in [0.717, 1.165) is 12.1 Å². The fraction of sp³-hybridized carbons (Fsp3) is 0.333. The van der Waals surface area contributed by atoms with Crippen LogP contribution in [0.15, 0.2) is 53.3 Å². The lowest BCUT2D eigenvalue weighted by atomic mass is 10.1. The summed E-state index contributed by atoms with van der Waals surface area (Å²) in [7, 11) is 0. The molecule has 7 nitrogen and oxygen atoms in total. The highest BCUT2D eigenvalue weighted by atomic mass is 19.4. The molecule has 1 heterocycles. The van der Waals surface area contributed by atoms with Crippen LogP contribution >= 0.6 is 0 Å². The maximum absolute atomic E-state index is 13.3. The molecule has 0 saturated carbocycles. The number of amides is 2. The van der Waals surface area contributed by atoms with E-state index in [1.807, 2.05) is 13.8 Å². The average Bonchev–Trinajstić information content (AvgIpc) is 2.78. The number of fused-ring (bicyclic) bond motifs is 1. The molecule has 0 saturated heterocycles. The van der Waals surface area contributed by atoms with E-state index in [4.69, 9.17) is 0 Å².